The Hall–Kier alpha value is -3.68. The molecule has 1 unspecified atom stereocenters. The summed E-state index contributed by atoms with van der Waals surface area (Å²) in [6.45, 7) is 1.49. The van der Waals surface area contributed by atoms with E-state index in [0.29, 0.717) is 5.56 Å². The van der Waals surface area contributed by atoms with Gasteiger partial charge in [0, 0.05) is 12.0 Å². The van der Waals surface area contributed by atoms with E-state index in [-0.39, 0.29) is 17.7 Å². The summed E-state index contributed by atoms with van der Waals surface area (Å²) < 4.78 is 5.45. The average Bonchev–Trinajstić information content (AvgIpc) is 2.68. The van der Waals surface area contributed by atoms with Crippen LogP contribution in [0.15, 0.2) is 59.7 Å². The number of ether oxygens (including phenoxy) is 1. The second kappa shape index (κ2) is 8.61. The van der Waals surface area contributed by atoms with E-state index in [1.165, 1.54) is 37.4 Å². The zero-order chi connectivity index (χ0) is 19.9. The number of nitrogens with one attached hydrogen (secondary N) is 1. The van der Waals surface area contributed by atoms with E-state index in [1.807, 2.05) is 0 Å². The van der Waals surface area contributed by atoms with Crippen molar-refractivity contribution in [3.63, 3.8) is 0 Å². The molecule has 8 nitrogen and oxygen atoms in total. The van der Waals surface area contributed by atoms with Gasteiger partial charge in [-0.25, -0.2) is 4.79 Å². The summed E-state index contributed by atoms with van der Waals surface area (Å²) in [6, 6.07) is 14.0. The zero-order valence-electron chi connectivity index (χ0n) is 14.6. The van der Waals surface area contributed by atoms with Crippen LogP contribution in [0, 0.1) is 0 Å². The van der Waals surface area contributed by atoms with Crippen molar-refractivity contribution in [2.45, 2.75) is 19.1 Å². The predicted octanol–water partition coefficient (Wildman–Crippen LogP) is 1.55. The standard InChI is InChI=1S/C19H19N3O5/c1-2-16(23)19(18(25)26,27-15-6-4-3-5-7-15)22-17(24)14-10-8-13(9-11-14)12-21-20/h3-12H,2,20H2,1H3,(H,22,24)(H,25,26). The molecule has 0 spiro atoms. The van der Waals surface area contributed by atoms with Gasteiger partial charge in [0.1, 0.15) is 5.75 Å². The first kappa shape index (κ1) is 19.6. The third-order valence-corrected chi connectivity index (χ3v) is 3.72. The summed E-state index contributed by atoms with van der Waals surface area (Å²) in [7, 11) is 0. The van der Waals surface area contributed by atoms with Gasteiger partial charge in [0.15, 0.2) is 0 Å². The molecule has 0 aliphatic carbocycles. The Morgan fingerprint density at radius 2 is 1.78 bits per heavy atom. The van der Waals surface area contributed by atoms with E-state index in [0.717, 1.165) is 0 Å². The van der Waals surface area contributed by atoms with Crippen molar-refractivity contribution >= 4 is 23.9 Å². The van der Waals surface area contributed by atoms with Crippen LogP contribution in [0.25, 0.3) is 0 Å². The second-order valence-electron chi connectivity index (χ2n) is 5.53. The van der Waals surface area contributed by atoms with Crippen LogP contribution in [0.1, 0.15) is 29.3 Å². The number of nitrogens with two attached hydrogens (primary N) is 1. The van der Waals surface area contributed by atoms with Gasteiger partial charge in [-0.05, 0) is 29.8 Å². The van der Waals surface area contributed by atoms with Gasteiger partial charge in [-0.3, -0.25) is 14.9 Å². The van der Waals surface area contributed by atoms with Gasteiger partial charge in [0.25, 0.3) is 5.91 Å². The second-order valence-corrected chi connectivity index (χ2v) is 5.53. The van der Waals surface area contributed by atoms with E-state index in [9.17, 15) is 19.5 Å². The minimum Gasteiger partial charge on any atom is -0.476 e. The summed E-state index contributed by atoms with van der Waals surface area (Å²) in [5, 5.41) is 15.3. The molecule has 0 saturated carbocycles. The van der Waals surface area contributed by atoms with Crippen LogP contribution in [0.4, 0.5) is 0 Å². The number of aliphatic carboxylic acids is 1. The first-order valence-corrected chi connectivity index (χ1v) is 8.09. The van der Waals surface area contributed by atoms with E-state index < -0.39 is 23.4 Å². The number of hydrogen-bond acceptors (Lipinski definition) is 6. The molecule has 0 heterocycles. The van der Waals surface area contributed by atoms with Gasteiger partial charge in [0.2, 0.25) is 5.78 Å². The van der Waals surface area contributed by atoms with Crippen molar-refractivity contribution < 1.29 is 24.2 Å². The van der Waals surface area contributed by atoms with Crippen molar-refractivity contribution in [3.05, 3.63) is 65.7 Å². The molecular formula is C19H19N3O5. The number of carbonyl (C=O) groups is 3. The Morgan fingerprint density at radius 3 is 2.30 bits per heavy atom. The van der Waals surface area contributed by atoms with Gasteiger partial charge in [-0.1, -0.05) is 37.3 Å². The molecule has 0 saturated heterocycles. The molecule has 2 aromatic carbocycles. The molecule has 140 valence electrons. The van der Waals surface area contributed by atoms with E-state index in [2.05, 4.69) is 10.4 Å². The number of para-hydroxylation sites is 1. The van der Waals surface area contributed by atoms with Crippen LogP contribution in [0.2, 0.25) is 0 Å². The third kappa shape index (κ3) is 4.49. The van der Waals surface area contributed by atoms with Crippen molar-refractivity contribution in [2.75, 3.05) is 0 Å². The minimum absolute atomic E-state index is 0.136. The van der Waals surface area contributed by atoms with Gasteiger partial charge >= 0.3 is 11.7 Å². The molecule has 8 heteroatoms. The number of hydrogen-bond donors (Lipinski definition) is 3. The number of amides is 1. The highest BCUT2D eigenvalue weighted by Crippen LogP contribution is 2.20. The maximum Gasteiger partial charge on any atom is 0.378 e. The highest BCUT2D eigenvalue weighted by molar-refractivity contribution is 6.11. The van der Waals surface area contributed by atoms with Crippen molar-refractivity contribution in [2.24, 2.45) is 10.9 Å². The fraction of sp³-hybridized carbons (Fsp3) is 0.158. The summed E-state index contributed by atoms with van der Waals surface area (Å²) in [6.07, 6.45) is 1.24. The average molecular weight is 369 g/mol. The number of benzene rings is 2. The lowest BCUT2D eigenvalue weighted by atomic mass is 10.0. The third-order valence-electron chi connectivity index (χ3n) is 3.72. The van der Waals surface area contributed by atoms with Crippen LogP contribution in [-0.2, 0) is 9.59 Å². The molecule has 27 heavy (non-hydrogen) atoms. The van der Waals surface area contributed by atoms with Gasteiger partial charge in [0.05, 0.1) is 6.21 Å². The molecule has 2 rings (SSSR count). The van der Waals surface area contributed by atoms with E-state index in [4.69, 9.17) is 10.6 Å². The first-order valence-electron chi connectivity index (χ1n) is 8.09. The van der Waals surface area contributed by atoms with Crippen molar-refractivity contribution in [1.29, 1.82) is 0 Å². The van der Waals surface area contributed by atoms with Gasteiger partial charge < -0.3 is 15.7 Å². The lowest BCUT2D eigenvalue weighted by Crippen LogP contribution is -2.64. The Morgan fingerprint density at radius 1 is 1.15 bits per heavy atom. The molecule has 0 aliphatic heterocycles. The maximum atomic E-state index is 12.6. The van der Waals surface area contributed by atoms with E-state index in [1.54, 1.807) is 30.3 Å². The molecular weight excluding hydrogens is 350 g/mol. The van der Waals surface area contributed by atoms with Gasteiger partial charge in [-0.15, -0.1) is 0 Å². The Bertz CT molecular complexity index is 849. The minimum atomic E-state index is -2.54. The Kier molecular flexibility index (Phi) is 6.27. The maximum absolute atomic E-state index is 12.6. The van der Waals surface area contributed by atoms with Crippen molar-refractivity contribution in [3.8, 4) is 5.75 Å². The highest BCUT2D eigenvalue weighted by Gasteiger charge is 2.49. The SMILES string of the molecule is CCC(=O)C(NC(=O)c1ccc(C=NN)cc1)(Oc1ccccc1)C(=O)O. The number of hydrazone groups is 1. The molecule has 4 N–H and O–H groups in total. The number of ketones is 1. The van der Waals surface area contributed by atoms with Crippen LogP contribution >= 0.6 is 0 Å². The summed E-state index contributed by atoms with van der Waals surface area (Å²) >= 11 is 0. The molecule has 0 aliphatic rings. The number of nitrogens with zero attached hydrogens (tertiary/aromatic N) is 1. The molecule has 0 aromatic heterocycles. The number of rotatable bonds is 8. The van der Waals surface area contributed by atoms with Crippen LogP contribution in [0.5, 0.6) is 5.75 Å². The normalized spacial score (nSPS) is 12.9. The topological polar surface area (TPSA) is 131 Å². The number of carbonyl (C=O) groups excluding carboxylic acids is 2. The Labute approximate surface area is 155 Å². The monoisotopic (exact) mass is 369 g/mol. The quantitative estimate of drug-likeness (QED) is 0.213. The Balaban J connectivity index is 2.36. The zero-order valence-corrected chi connectivity index (χ0v) is 14.6. The fourth-order valence-electron chi connectivity index (χ4n) is 2.32. The smallest absolute Gasteiger partial charge is 0.378 e. The van der Waals surface area contributed by atoms with Crippen LogP contribution in [-0.4, -0.2) is 34.7 Å². The van der Waals surface area contributed by atoms with Crippen LogP contribution < -0.4 is 15.9 Å². The predicted molar refractivity (Wildman–Crippen MR) is 98.4 cm³/mol. The van der Waals surface area contributed by atoms with Crippen molar-refractivity contribution in [1.82, 2.24) is 5.32 Å². The first-order chi connectivity index (χ1) is 12.9. The van der Waals surface area contributed by atoms with E-state index >= 15 is 0 Å². The highest BCUT2D eigenvalue weighted by atomic mass is 16.5. The number of carboxylic acids is 1. The lowest BCUT2D eigenvalue weighted by Gasteiger charge is -2.29. The molecule has 1 amide bonds. The van der Waals surface area contributed by atoms with Gasteiger partial charge in [-0.2, -0.15) is 5.10 Å². The lowest BCUT2D eigenvalue weighted by molar-refractivity contribution is -0.164. The van der Waals surface area contributed by atoms with Crippen LogP contribution in [0.3, 0.4) is 0 Å². The number of Topliss-reactive ketones (excluding diaryl/α,β-unsaturated/α-hetero) is 1. The summed E-state index contributed by atoms with van der Waals surface area (Å²) in [5.74, 6) is 2.03. The molecule has 0 radical (unpaired) electrons. The summed E-state index contributed by atoms with van der Waals surface area (Å²) in [4.78, 5) is 37.0. The summed E-state index contributed by atoms with van der Waals surface area (Å²) in [5.41, 5.74) is -1.73. The molecule has 1 atom stereocenters. The molecule has 0 bridgehead atoms. The fourth-order valence-corrected chi connectivity index (χ4v) is 2.32. The number of carboxylic acid groups (broad SMARTS) is 1. The molecule has 2 aromatic rings. The molecule has 0 fully saturated rings. The largest absolute Gasteiger partial charge is 0.476 e.